The van der Waals surface area contributed by atoms with Gasteiger partial charge in [0.1, 0.15) is 18.3 Å². The van der Waals surface area contributed by atoms with E-state index in [-0.39, 0.29) is 19.8 Å². The molecule has 5 N–H and O–H groups in total. The van der Waals surface area contributed by atoms with E-state index in [0.29, 0.717) is 0 Å². The summed E-state index contributed by atoms with van der Waals surface area (Å²) in [6, 6.07) is 0. The van der Waals surface area contributed by atoms with Gasteiger partial charge in [-0.3, -0.25) is 0 Å². The van der Waals surface area contributed by atoms with E-state index in [4.69, 9.17) is 9.84 Å². The molecule has 0 amide bonds. The van der Waals surface area contributed by atoms with Gasteiger partial charge in [0.25, 0.3) is 0 Å². The predicted molar refractivity (Wildman–Crippen MR) is 45.4 cm³/mol. The van der Waals surface area contributed by atoms with Crippen LogP contribution < -0.4 is 0 Å². The Morgan fingerprint density at radius 3 is 2.14 bits per heavy atom. The zero-order chi connectivity index (χ0) is 10.7. The quantitative estimate of drug-likeness (QED) is 0.315. The van der Waals surface area contributed by atoms with Crippen molar-refractivity contribution in [2.75, 3.05) is 19.8 Å². The SMILES string of the molecule is OC[C@@H]1COC[C@@H](O)[C@@H](O)[C@@H](O)[C@@H]1O. The van der Waals surface area contributed by atoms with Crippen molar-refractivity contribution in [3.05, 3.63) is 0 Å². The van der Waals surface area contributed by atoms with Crippen LogP contribution in [0, 0.1) is 5.92 Å². The van der Waals surface area contributed by atoms with Crippen molar-refractivity contribution in [3.8, 4) is 0 Å². The average molecular weight is 208 g/mol. The number of aliphatic hydroxyl groups is 5. The van der Waals surface area contributed by atoms with Crippen molar-refractivity contribution >= 4 is 0 Å². The maximum Gasteiger partial charge on any atom is 0.111 e. The fraction of sp³-hybridized carbons (Fsp3) is 1.00. The normalized spacial score (nSPS) is 45.6. The molecule has 0 aromatic heterocycles. The highest BCUT2D eigenvalue weighted by Crippen LogP contribution is 2.16. The molecule has 0 spiro atoms. The van der Waals surface area contributed by atoms with E-state index in [9.17, 15) is 20.4 Å². The smallest absolute Gasteiger partial charge is 0.111 e. The first kappa shape index (κ1) is 11.8. The van der Waals surface area contributed by atoms with E-state index >= 15 is 0 Å². The lowest BCUT2D eigenvalue weighted by Gasteiger charge is -2.33. The molecule has 14 heavy (non-hydrogen) atoms. The second kappa shape index (κ2) is 5.01. The van der Waals surface area contributed by atoms with Crippen LogP contribution in [-0.4, -0.2) is 69.8 Å². The fourth-order valence-electron chi connectivity index (χ4n) is 1.41. The summed E-state index contributed by atoms with van der Waals surface area (Å²) in [7, 11) is 0. The first-order valence-electron chi connectivity index (χ1n) is 4.48. The van der Waals surface area contributed by atoms with Gasteiger partial charge in [0.05, 0.1) is 25.9 Å². The molecular formula is C8H16O6. The number of ether oxygens (including phenoxy) is 1. The molecule has 5 atom stereocenters. The minimum atomic E-state index is -1.47. The Hall–Kier alpha value is -0.240. The molecule has 1 aliphatic rings. The van der Waals surface area contributed by atoms with Gasteiger partial charge in [-0.2, -0.15) is 0 Å². The van der Waals surface area contributed by atoms with Gasteiger partial charge >= 0.3 is 0 Å². The number of aliphatic hydroxyl groups excluding tert-OH is 5. The Labute approximate surface area is 81.4 Å². The Kier molecular flexibility index (Phi) is 4.24. The molecule has 1 rings (SSSR count). The molecule has 0 bridgehead atoms. The molecule has 0 aromatic carbocycles. The number of rotatable bonds is 1. The van der Waals surface area contributed by atoms with Gasteiger partial charge in [-0.15, -0.1) is 0 Å². The minimum Gasteiger partial charge on any atom is -0.396 e. The van der Waals surface area contributed by atoms with E-state index in [1.807, 2.05) is 0 Å². The van der Waals surface area contributed by atoms with Gasteiger partial charge < -0.3 is 30.3 Å². The predicted octanol–water partition coefficient (Wildman–Crippen LogP) is -2.93. The van der Waals surface area contributed by atoms with Crippen molar-refractivity contribution in [2.45, 2.75) is 24.4 Å². The van der Waals surface area contributed by atoms with Crippen molar-refractivity contribution in [1.82, 2.24) is 0 Å². The maximum atomic E-state index is 9.47. The van der Waals surface area contributed by atoms with Crippen LogP contribution in [0.3, 0.4) is 0 Å². The van der Waals surface area contributed by atoms with Crippen LogP contribution in [0.1, 0.15) is 0 Å². The molecule has 0 aromatic rings. The standard InChI is InChI=1S/C8H16O6/c9-1-4-2-14-3-5(10)7(12)8(13)6(4)11/h4-13H,1-3H2/t4-,5-,6-,7-,8+/m1/s1. The van der Waals surface area contributed by atoms with Crippen LogP contribution in [-0.2, 0) is 4.74 Å². The van der Waals surface area contributed by atoms with E-state index in [1.54, 1.807) is 0 Å². The van der Waals surface area contributed by atoms with Gasteiger partial charge in [-0.1, -0.05) is 0 Å². The topological polar surface area (TPSA) is 110 Å². The first-order chi connectivity index (χ1) is 6.57. The second-order valence-electron chi connectivity index (χ2n) is 3.52. The van der Waals surface area contributed by atoms with E-state index in [2.05, 4.69) is 0 Å². The van der Waals surface area contributed by atoms with Gasteiger partial charge in [0.2, 0.25) is 0 Å². The lowest BCUT2D eigenvalue weighted by Crippen LogP contribution is -2.52. The molecule has 6 nitrogen and oxygen atoms in total. The van der Waals surface area contributed by atoms with E-state index in [0.717, 1.165) is 0 Å². The van der Waals surface area contributed by atoms with Gasteiger partial charge in [-0.05, 0) is 0 Å². The maximum absolute atomic E-state index is 9.47. The summed E-state index contributed by atoms with van der Waals surface area (Å²) in [6.07, 6.45) is -5.45. The summed E-state index contributed by atoms with van der Waals surface area (Å²) >= 11 is 0. The Balaban J connectivity index is 2.67. The van der Waals surface area contributed by atoms with Crippen LogP contribution in [0.15, 0.2) is 0 Å². The van der Waals surface area contributed by atoms with Crippen molar-refractivity contribution in [3.63, 3.8) is 0 Å². The Morgan fingerprint density at radius 1 is 0.929 bits per heavy atom. The van der Waals surface area contributed by atoms with Crippen LogP contribution in [0.5, 0.6) is 0 Å². The molecule has 0 radical (unpaired) electrons. The zero-order valence-corrected chi connectivity index (χ0v) is 7.65. The Morgan fingerprint density at radius 2 is 1.57 bits per heavy atom. The molecule has 84 valence electrons. The highest BCUT2D eigenvalue weighted by molar-refractivity contribution is 4.86. The molecule has 1 fully saturated rings. The molecule has 1 heterocycles. The molecule has 0 saturated carbocycles. The summed E-state index contributed by atoms with van der Waals surface area (Å²) in [5.41, 5.74) is 0. The Bertz CT molecular complexity index is 169. The van der Waals surface area contributed by atoms with E-state index < -0.39 is 30.3 Å². The zero-order valence-electron chi connectivity index (χ0n) is 7.65. The second-order valence-corrected chi connectivity index (χ2v) is 3.52. The summed E-state index contributed by atoms with van der Waals surface area (Å²) in [6.45, 7) is -0.430. The van der Waals surface area contributed by atoms with Crippen LogP contribution >= 0.6 is 0 Å². The molecule has 6 heteroatoms. The van der Waals surface area contributed by atoms with Crippen LogP contribution in [0.2, 0.25) is 0 Å². The summed E-state index contributed by atoms with van der Waals surface area (Å²) in [5.74, 6) is -0.646. The van der Waals surface area contributed by atoms with Crippen LogP contribution in [0.25, 0.3) is 0 Å². The molecule has 0 unspecified atom stereocenters. The largest absolute Gasteiger partial charge is 0.396 e. The third kappa shape index (κ3) is 2.41. The highest BCUT2D eigenvalue weighted by atomic mass is 16.5. The van der Waals surface area contributed by atoms with Crippen molar-refractivity contribution < 1.29 is 30.3 Å². The lowest BCUT2D eigenvalue weighted by molar-refractivity contribution is -0.164. The molecule has 0 aliphatic carbocycles. The lowest BCUT2D eigenvalue weighted by atomic mass is 9.93. The third-order valence-corrected chi connectivity index (χ3v) is 2.43. The van der Waals surface area contributed by atoms with Crippen molar-refractivity contribution in [1.29, 1.82) is 0 Å². The molecule has 1 aliphatic heterocycles. The summed E-state index contributed by atoms with van der Waals surface area (Å²) in [5, 5.41) is 46.3. The highest BCUT2D eigenvalue weighted by Gasteiger charge is 2.36. The fourth-order valence-corrected chi connectivity index (χ4v) is 1.41. The summed E-state index contributed by atoms with van der Waals surface area (Å²) < 4.78 is 4.94. The first-order valence-corrected chi connectivity index (χ1v) is 4.48. The number of hydrogen-bond acceptors (Lipinski definition) is 6. The number of hydrogen-bond donors (Lipinski definition) is 5. The molecular weight excluding hydrogens is 192 g/mol. The van der Waals surface area contributed by atoms with Gasteiger partial charge in [0, 0.05) is 5.92 Å². The summed E-state index contributed by atoms with van der Waals surface area (Å²) in [4.78, 5) is 0. The minimum absolute atomic E-state index is 0.0402. The van der Waals surface area contributed by atoms with Crippen molar-refractivity contribution in [2.24, 2.45) is 5.92 Å². The van der Waals surface area contributed by atoms with Crippen LogP contribution in [0.4, 0.5) is 0 Å². The monoisotopic (exact) mass is 208 g/mol. The average Bonchev–Trinajstić information content (AvgIpc) is 2.20. The van der Waals surface area contributed by atoms with Gasteiger partial charge in [-0.25, -0.2) is 0 Å². The van der Waals surface area contributed by atoms with Gasteiger partial charge in [0.15, 0.2) is 0 Å². The third-order valence-electron chi connectivity index (χ3n) is 2.43. The van der Waals surface area contributed by atoms with E-state index in [1.165, 1.54) is 0 Å². The molecule has 1 saturated heterocycles.